The third-order valence-corrected chi connectivity index (χ3v) is 3.52. The van der Waals surface area contributed by atoms with Crippen molar-refractivity contribution in [3.05, 3.63) is 28.8 Å². The van der Waals surface area contributed by atoms with Crippen LogP contribution in [-0.4, -0.2) is 60.4 Å². The van der Waals surface area contributed by atoms with E-state index in [1.165, 1.54) is 26.6 Å². The molecule has 26 heavy (non-hydrogen) atoms. The molecule has 0 saturated heterocycles. The molecule has 0 aliphatic rings. The van der Waals surface area contributed by atoms with Crippen LogP contribution in [0.15, 0.2) is 23.3 Å². The molecule has 140 valence electrons. The first-order chi connectivity index (χ1) is 12.5. The molecule has 0 spiro atoms. The summed E-state index contributed by atoms with van der Waals surface area (Å²) in [6.45, 7) is -0.622. The van der Waals surface area contributed by atoms with Gasteiger partial charge < -0.3 is 25.2 Å². The molecule has 0 unspecified atom stereocenters. The molecule has 0 bridgehead atoms. The van der Waals surface area contributed by atoms with Crippen molar-refractivity contribution in [2.45, 2.75) is 6.54 Å². The number of carbonyl (C=O) groups excluding carboxylic acids is 2. The topological polar surface area (TPSA) is 132 Å². The van der Waals surface area contributed by atoms with Crippen molar-refractivity contribution in [2.75, 3.05) is 33.9 Å². The van der Waals surface area contributed by atoms with Gasteiger partial charge in [-0.2, -0.15) is 0 Å². The second-order valence-electron chi connectivity index (χ2n) is 5.25. The van der Waals surface area contributed by atoms with Gasteiger partial charge in [-0.05, 0) is 6.07 Å². The summed E-state index contributed by atoms with van der Waals surface area (Å²) in [5, 5.41) is 13.7. The van der Waals surface area contributed by atoms with Crippen LogP contribution in [0.1, 0.15) is 0 Å². The molecule has 3 N–H and O–H groups in total. The largest absolute Gasteiger partial charge is 0.493 e. The fourth-order valence-corrected chi connectivity index (χ4v) is 2.25. The predicted molar refractivity (Wildman–Crippen MR) is 92.2 cm³/mol. The zero-order chi connectivity index (χ0) is 19.1. The molecular formula is C16H20N4O6. The van der Waals surface area contributed by atoms with Crippen molar-refractivity contribution in [1.29, 1.82) is 0 Å². The van der Waals surface area contributed by atoms with Gasteiger partial charge in [0.25, 0.3) is 5.56 Å². The predicted octanol–water partition coefficient (Wildman–Crippen LogP) is -1.36. The summed E-state index contributed by atoms with van der Waals surface area (Å²) in [7, 11) is 2.93. The van der Waals surface area contributed by atoms with Crippen LogP contribution in [0.25, 0.3) is 10.9 Å². The van der Waals surface area contributed by atoms with E-state index >= 15 is 0 Å². The quantitative estimate of drug-likeness (QED) is 0.527. The number of nitrogens with one attached hydrogen (secondary N) is 2. The van der Waals surface area contributed by atoms with E-state index in [1.807, 2.05) is 0 Å². The smallest absolute Gasteiger partial charge is 0.261 e. The fourth-order valence-electron chi connectivity index (χ4n) is 2.25. The molecular weight excluding hydrogens is 344 g/mol. The Morgan fingerprint density at radius 2 is 1.85 bits per heavy atom. The molecule has 2 aromatic rings. The lowest BCUT2D eigenvalue weighted by molar-refractivity contribution is -0.126. The molecule has 10 nitrogen and oxygen atoms in total. The molecule has 1 aromatic carbocycles. The fraction of sp³-hybridized carbons (Fsp3) is 0.375. The Morgan fingerprint density at radius 1 is 1.15 bits per heavy atom. The van der Waals surface area contributed by atoms with Crippen molar-refractivity contribution in [3.8, 4) is 11.5 Å². The average molecular weight is 364 g/mol. The summed E-state index contributed by atoms with van der Waals surface area (Å²) in [4.78, 5) is 40.0. The number of carbonyl (C=O) groups is 2. The van der Waals surface area contributed by atoms with Gasteiger partial charge in [0.15, 0.2) is 11.5 Å². The molecule has 0 atom stereocenters. The number of benzene rings is 1. The molecule has 0 saturated carbocycles. The van der Waals surface area contributed by atoms with E-state index in [2.05, 4.69) is 15.6 Å². The number of fused-ring (bicyclic) bond motifs is 1. The van der Waals surface area contributed by atoms with Gasteiger partial charge in [-0.25, -0.2) is 4.98 Å². The standard InChI is InChI=1S/C16H20N4O6/c1-25-12-5-10-11(6-13(12)26-2)19-9-20(16(10)24)8-15(23)18-7-14(22)17-3-4-21/h5-6,9,21H,3-4,7-8H2,1-2H3,(H,17,22)(H,18,23). The maximum absolute atomic E-state index is 12.6. The molecule has 0 aliphatic heterocycles. The first kappa shape index (κ1) is 19.2. The maximum Gasteiger partial charge on any atom is 0.261 e. The molecule has 1 aromatic heterocycles. The van der Waals surface area contributed by atoms with E-state index in [0.29, 0.717) is 17.0 Å². The van der Waals surface area contributed by atoms with Gasteiger partial charge in [-0.15, -0.1) is 0 Å². The number of aliphatic hydroxyl groups is 1. The van der Waals surface area contributed by atoms with Gasteiger partial charge >= 0.3 is 0 Å². The van der Waals surface area contributed by atoms with Crippen LogP contribution in [-0.2, 0) is 16.1 Å². The van der Waals surface area contributed by atoms with Crippen molar-refractivity contribution in [2.24, 2.45) is 0 Å². The normalized spacial score (nSPS) is 10.4. The highest BCUT2D eigenvalue weighted by Gasteiger charge is 2.13. The minimum absolute atomic E-state index is 0.105. The van der Waals surface area contributed by atoms with Gasteiger partial charge in [-0.1, -0.05) is 0 Å². The zero-order valence-corrected chi connectivity index (χ0v) is 14.4. The van der Waals surface area contributed by atoms with Crippen molar-refractivity contribution < 1.29 is 24.2 Å². The zero-order valence-electron chi connectivity index (χ0n) is 14.4. The first-order valence-electron chi connectivity index (χ1n) is 7.75. The van der Waals surface area contributed by atoms with Gasteiger partial charge in [0.05, 0.1) is 44.6 Å². The summed E-state index contributed by atoms with van der Waals surface area (Å²) in [5.41, 5.74) is -0.0106. The first-order valence-corrected chi connectivity index (χ1v) is 7.75. The van der Waals surface area contributed by atoms with Crippen LogP contribution < -0.4 is 25.7 Å². The highest BCUT2D eigenvalue weighted by molar-refractivity contribution is 5.85. The Bertz CT molecular complexity index is 864. The third-order valence-electron chi connectivity index (χ3n) is 3.52. The van der Waals surface area contributed by atoms with Crippen molar-refractivity contribution in [3.63, 3.8) is 0 Å². The van der Waals surface area contributed by atoms with Crippen LogP contribution >= 0.6 is 0 Å². The van der Waals surface area contributed by atoms with E-state index in [1.54, 1.807) is 6.07 Å². The number of aromatic nitrogens is 2. The summed E-state index contributed by atoms with van der Waals surface area (Å²) in [6.07, 6.45) is 1.25. The van der Waals surface area contributed by atoms with Crippen LogP contribution in [0.5, 0.6) is 11.5 Å². The van der Waals surface area contributed by atoms with Gasteiger partial charge in [0.2, 0.25) is 11.8 Å². The second-order valence-corrected chi connectivity index (χ2v) is 5.25. The number of nitrogens with zero attached hydrogens (tertiary/aromatic N) is 2. The number of methoxy groups -OCH3 is 2. The molecule has 2 amide bonds. The van der Waals surface area contributed by atoms with Gasteiger partial charge in [0, 0.05) is 12.6 Å². The Kier molecular flexibility index (Phi) is 6.50. The molecule has 10 heteroatoms. The SMILES string of the molecule is COc1cc2ncn(CC(=O)NCC(=O)NCCO)c(=O)c2cc1OC. The second kappa shape index (κ2) is 8.81. The minimum Gasteiger partial charge on any atom is -0.493 e. The molecule has 0 aliphatic carbocycles. The lowest BCUT2D eigenvalue weighted by atomic mass is 10.2. The average Bonchev–Trinajstić information content (AvgIpc) is 2.65. The van der Waals surface area contributed by atoms with E-state index in [9.17, 15) is 14.4 Å². The summed E-state index contributed by atoms with van der Waals surface area (Å²) < 4.78 is 11.5. The van der Waals surface area contributed by atoms with Gasteiger partial charge in [-0.3, -0.25) is 19.0 Å². The molecule has 1 heterocycles. The van der Waals surface area contributed by atoms with Crippen LogP contribution in [0.3, 0.4) is 0 Å². The number of rotatable bonds is 8. The third kappa shape index (κ3) is 4.48. The van der Waals surface area contributed by atoms with E-state index in [4.69, 9.17) is 14.6 Å². The van der Waals surface area contributed by atoms with Crippen molar-refractivity contribution in [1.82, 2.24) is 20.2 Å². The number of aliphatic hydroxyl groups excluding tert-OH is 1. The van der Waals surface area contributed by atoms with E-state index < -0.39 is 17.4 Å². The van der Waals surface area contributed by atoms with E-state index in [-0.39, 0.29) is 31.6 Å². The Balaban J connectivity index is 2.15. The number of amides is 2. The summed E-state index contributed by atoms with van der Waals surface area (Å²) in [6, 6.07) is 3.08. The number of hydrogen-bond acceptors (Lipinski definition) is 7. The summed E-state index contributed by atoms with van der Waals surface area (Å²) in [5.74, 6) is -0.140. The lowest BCUT2D eigenvalue weighted by Gasteiger charge is -2.11. The number of hydrogen-bond donors (Lipinski definition) is 3. The van der Waals surface area contributed by atoms with Crippen LogP contribution in [0, 0.1) is 0 Å². The van der Waals surface area contributed by atoms with E-state index in [0.717, 1.165) is 4.57 Å². The highest BCUT2D eigenvalue weighted by atomic mass is 16.5. The highest BCUT2D eigenvalue weighted by Crippen LogP contribution is 2.29. The van der Waals surface area contributed by atoms with Crippen LogP contribution in [0.2, 0.25) is 0 Å². The Labute approximate surface area is 148 Å². The van der Waals surface area contributed by atoms with Gasteiger partial charge in [0.1, 0.15) is 6.54 Å². The molecule has 0 radical (unpaired) electrons. The van der Waals surface area contributed by atoms with Crippen LogP contribution in [0.4, 0.5) is 0 Å². The Morgan fingerprint density at radius 3 is 2.50 bits per heavy atom. The Hall–Kier alpha value is -3.14. The lowest BCUT2D eigenvalue weighted by Crippen LogP contribution is -2.40. The molecule has 2 rings (SSSR count). The monoisotopic (exact) mass is 364 g/mol. The number of ether oxygens (including phenoxy) is 2. The minimum atomic E-state index is -0.520. The maximum atomic E-state index is 12.6. The summed E-state index contributed by atoms with van der Waals surface area (Å²) >= 11 is 0. The molecule has 0 fully saturated rings. The van der Waals surface area contributed by atoms with Crippen molar-refractivity contribution >= 4 is 22.7 Å².